The maximum Gasteiger partial charge on any atom is 0.253 e. The van der Waals surface area contributed by atoms with Gasteiger partial charge < -0.3 is 15.0 Å². The molecule has 1 aromatic heterocycles. The molecule has 0 atom stereocenters. The van der Waals surface area contributed by atoms with Crippen LogP contribution in [-0.2, 0) is 6.54 Å². The number of hydrogen-bond acceptors (Lipinski definition) is 2. The Labute approximate surface area is 160 Å². The van der Waals surface area contributed by atoms with Gasteiger partial charge in [0.05, 0.1) is 5.56 Å². The Morgan fingerprint density at radius 2 is 1.74 bits per heavy atom. The molecule has 4 aliphatic rings. The monoisotopic (exact) mass is 366 g/mol. The minimum atomic E-state index is 0.0475. The maximum absolute atomic E-state index is 13.3. The van der Waals surface area contributed by atoms with Gasteiger partial charge in [0.2, 0.25) is 0 Å². The highest BCUT2D eigenvalue weighted by atomic mass is 16.2. The first-order valence-electron chi connectivity index (χ1n) is 10.7. The molecule has 2 aromatic rings. The molecule has 1 aromatic carbocycles. The molecule has 4 bridgehead atoms. The van der Waals surface area contributed by atoms with Gasteiger partial charge in [-0.05, 0) is 75.2 Å². The van der Waals surface area contributed by atoms with Gasteiger partial charge in [-0.3, -0.25) is 4.79 Å². The molecule has 0 spiro atoms. The third-order valence-corrected chi connectivity index (χ3v) is 7.26. The highest BCUT2D eigenvalue weighted by Gasteiger charge is 2.51. The molecule has 4 saturated carbocycles. The molecule has 4 nitrogen and oxygen atoms in total. The number of fused-ring (bicyclic) bond motifs is 1. The maximum atomic E-state index is 13.3. The Hall–Kier alpha value is -1.81. The van der Waals surface area contributed by atoms with Gasteiger partial charge in [0.25, 0.3) is 5.91 Å². The predicted octanol–water partition coefficient (Wildman–Crippen LogP) is 4.11. The van der Waals surface area contributed by atoms with Gasteiger partial charge in [0.15, 0.2) is 0 Å². The number of nitrogens with zero attached hydrogens (tertiary/aromatic N) is 1. The van der Waals surface area contributed by atoms with E-state index in [-0.39, 0.29) is 18.1 Å². The van der Waals surface area contributed by atoms with E-state index >= 15 is 0 Å². The summed E-state index contributed by atoms with van der Waals surface area (Å²) in [5.41, 5.74) is 1.97. The van der Waals surface area contributed by atoms with Crippen LogP contribution in [0, 0.1) is 17.8 Å². The Balaban J connectivity index is 1.41. The summed E-state index contributed by atoms with van der Waals surface area (Å²) >= 11 is 0. The molecule has 1 amide bonds. The summed E-state index contributed by atoms with van der Waals surface area (Å²) in [6, 6.07) is 8.20. The van der Waals surface area contributed by atoms with E-state index < -0.39 is 0 Å². The second-order valence-corrected chi connectivity index (χ2v) is 9.34. The summed E-state index contributed by atoms with van der Waals surface area (Å²) in [6.45, 7) is 1.06. The molecule has 1 heterocycles. The van der Waals surface area contributed by atoms with Gasteiger partial charge in [-0.15, -0.1) is 0 Å². The summed E-state index contributed by atoms with van der Waals surface area (Å²) in [5.74, 6) is 2.60. The Kier molecular flexibility index (Phi) is 4.27. The summed E-state index contributed by atoms with van der Waals surface area (Å²) in [7, 11) is 0. The predicted molar refractivity (Wildman–Crippen MR) is 107 cm³/mol. The fraction of sp³-hybridized carbons (Fsp3) is 0.609. The number of aryl methyl sites for hydroxylation is 1. The number of benzene rings is 1. The number of para-hydroxylation sites is 1. The zero-order valence-corrected chi connectivity index (χ0v) is 16.0. The quantitative estimate of drug-likeness (QED) is 0.756. The number of aromatic nitrogens is 1. The van der Waals surface area contributed by atoms with E-state index in [0.717, 1.165) is 53.6 Å². The molecule has 0 unspecified atom stereocenters. The van der Waals surface area contributed by atoms with Crippen molar-refractivity contribution in [3.05, 3.63) is 36.0 Å². The van der Waals surface area contributed by atoms with E-state index in [1.165, 1.54) is 38.5 Å². The van der Waals surface area contributed by atoms with Gasteiger partial charge in [-0.2, -0.15) is 0 Å². The zero-order valence-electron chi connectivity index (χ0n) is 16.0. The Morgan fingerprint density at radius 3 is 2.41 bits per heavy atom. The van der Waals surface area contributed by atoms with Gasteiger partial charge in [0, 0.05) is 35.8 Å². The van der Waals surface area contributed by atoms with Crippen LogP contribution in [0.5, 0.6) is 0 Å². The first-order valence-corrected chi connectivity index (χ1v) is 10.7. The lowest BCUT2D eigenvalue weighted by molar-refractivity contribution is -0.0166. The van der Waals surface area contributed by atoms with E-state index in [9.17, 15) is 4.79 Å². The second-order valence-electron chi connectivity index (χ2n) is 9.34. The fourth-order valence-corrected chi connectivity index (χ4v) is 6.58. The molecular formula is C23H30N2O2. The molecule has 0 saturated heterocycles. The Bertz CT molecular complexity index is 818. The molecule has 144 valence electrons. The fourth-order valence-electron chi connectivity index (χ4n) is 6.58. The number of aliphatic hydroxyl groups excluding tert-OH is 1. The van der Waals surface area contributed by atoms with Crippen LogP contribution in [0.15, 0.2) is 30.5 Å². The van der Waals surface area contributed by atoms with E-state index in [2.05, 4.69) is 22.0 Å². The van der Waals surface area contributed by atoms with Crippen molar-refractivity contribution >= 4 is 16.8 Å². The Morgan fingerprint density at radius 1 is 1.07 bits per heavy atom. The topological polar surface area (TPSA) is 54.3 Å². The van der Waals surface area contributed by atoms with Crippen molar-refractivity contribution < 1.29 is 9.90 Å². The summed E-state index contributed by atoms with van der Waals surface area (Å²) in [6.07, 6.45) is 11.4. The molecule has 6 rings (SSSR count). The van der Waals surface area contributed by atoms with Crippen LogP contribution >= 0.6 is 0 Å². The minimum Gasteiger partial charge on any atom is -0.396 e. The third kappa shape index (κ3) is 3.08. The number of carbonyl (C=O) groups excluding carboxylic acids is 1. The van der Waals surface area contributed by atoms with E-state index in [0.29, 0.717) is 0 Å². The molecule has 4 aliphatic carbocycles. The number of rotatable bonds is 6. The molecule has 2 N–H and O–H groups in total. The van der Waals surface area contributed by atoms with Gasteiger partial charge in [-0.1, -0.05) is 18.2 Å². The van der Waals surface area contributed by atoms with E-state index in [1.807, 2.05) is 18.3 Å². The van der Waals surface area contributed by atoms with Gasteiger partial charge in [0.1, 0.15) is 0 Å². The molecule has 4 heteroatoms. The lowest BCUT2D eigenvalue weighted by Gasteiger charge is -2.56. The van der Waals surface area contributed by atoms with Crippen LogP contribution < -0.4 is 5.32 Å². The van der Waals surface area contributed by atoms with Crippen LogP contribution in [-0.4, -0.2) is 27.7 Å². The number of hydrogen-bond donors (Lipinski definition) is 2. The normalized spacial score (nSPS) is 31.5. The molecule has 0 aliphatic heterocycles. The van der Waals surface area contributed by atoms with Crippen LogP contribution in [0.4, 0.5) is 0 Å². The number of aliphatic hydroxyl groups is 1. The lowest BCUT2D eigenvalue weighted by Crippen LogP contribution is -2.59. The van der Waals surface area contributed by atoms with Gasteiger partial charge >= 0.3 is 0 Å². The van der Waals surface area contributed by atoms with E-state index in [1.54, 1.807) is 0 Å². The van der Waals surface area contributed by atoms with Crippen molar-refractivity contribution in [1.82, 2.24) is 9.88 Å². The van der Waals surface area contributed by atoms with Crippen molar-refractivity contribution in [2.45, 2.75) is 63.5 Å². The van der Waals surface area contributed by atoms with Crippen LogP contribution in [0.25, 0.3) is 10.9 Å². The molecule has 0 radical (unpaired) electrons. The van der Waals surface area contributed by atoms with Crippen molar-refractivity contribution in [2.75, 3.05) is 6.61 Å². The highest BCUT2D eigenvalue weighted by molar-refractivity contribution is 6.07. The summed E-state index contributed by atoms with van der Waals surface area (Å²) in [4.78, 5) is 13.3. The number of unbranched alkanes of at least 4 members (excludes halogenated alkanes) is 1. The first kappa shape index (κ1) is 17.3. The molecule has 27 heavy (non-hydrogen) atoms. The van der Waals surface area contributed by atoms with Crippen LogP contribution in [0.2, 0.25) is 0 Å². The van der Waals surface area contributed by atoms with E-state index in [4.69, 9.17) is 5.11 Å². The third-order valence-electron chi connectivity index (χ3n) is 7.26. The minimum absolute atomic E-state index is 0.0475. The van der Waals surface area contributed by atoms with Crippen molar-refractivity contribution in [3.63, 3.8) is 0 Å². The average molecular weight is 367 g/mol. The number of amides is 1. The summed E-state index contributed by atoms with van der Waals surface area (Å²) < 4.78 is 2.18. The molecular weight excluding hydrogens is 336 g/mol. The number of nitrogens with one attached hydrogen (secondary N) is 1. The highest BCUT2D eigenvalue weighted by Crippen LogP contribution is 2.55. The van der Waals surface area contributed by atoms with Crippen molar-refractivity contribution in [2.24, 2.45) is 17.8 Å². The largest absolute Gasteiger partial charge is 0.396 e. The van der Waals surface area contributed by atoms with Crippen molar-refractivity contribution in [1.29, 1.82) is 0 Å². The lowest BCUT2D eigenvalue weighted by atomic mass is 9.53. The number of carbonyl (C=O) groups is 1. The smallest absolute Gasteiger partial charge is 0.253 e. The molecule has 4 fully saturated rings. The van der Waals surface area contributed by atoms with Gasteiger partial charge in [-0.25, -0.2) is 0 Å². The zero-order chi connectivity index (χ0) is 18.4. The second kappa shape index (κ2) is 6.66. The van der Waals surface area contributed by atoms with Crippen LogP contribution in [0.3, 0.4) is 0 Å². The SMILES string of the molecule is O=C(NC12CC3CC(CC(C3)C1)C2)c1cn(CCCCO)c2ccccc12. The standard InChI is InChI=1S/C23H30N2O2/c26-8-4-3-7-25-15-20(19-5-1-2-6-21(19)25)22(27)24-23-12-16-9-17(13-23)11-18(10-16)14-23/h1-2,5-6,15-18,26H,3-4,7-14H2,(H,24,27). The van der Waals surface area contributed by atoms with Crippen molar-refractivity contribution in [3.8, 4) is 0 Å². The summed E-state index contributed by atoms with van der Waals surface area (Å²) in [5, 5.41) is 13.6. The van der Waals surface area contributed by atoms with Crippen LogP contribution in [0.1, 0.15) is 61.7 Å². The first-order chi connectivity index (χ1) is 13.2. The average Bonchev–Trinajstić information content (AvgIpc) is 3.00.